The van der Waals surface area contributed by atoms with E-state index in [1.54, 1.807) is 31.2 Å². The minimum absolute atomic E-state index is 0.219. The van der Waals surface area contributed by atoms with Gasteiger partial charge >= 0.3 is 0 Å². The quantitative estimate of drug-likeness (QED) is 0.613. The molecule has 0 unspecified atom stereocenters. The van der Waals surface area contributed by atoms with Crippen LogP contribution in [0.4, 0.5) is 0 Å². The lowest BCUT2D eigenvalue weighted by atomic mass is 10.0. The van der Waals surface area contributed by atoms with E-state index in [1.165, 1.54) is 6.07 Å². The first-order valence-corrected chi connectivity index (χ1v) is 5.50. The lowest BCUT2D eigenvalue weighted by Gasteiger charge is -2.08. The number of phenols is 4. The molecule has 4 nitrogen and oxygen atoms in total. The molecule has 18 heavy (non-hydrogen) atoms. The van der Waals surface area contributed by atoms with Crippen molar-refractivity contribution in [1.29, 1.82) is 0 Å². The van der Waals surface area contributed by atoms with Crippen LogP contribution in [0, 0.1) is 6.92 Å². The summed E-state index contributed by atoms with van der Waals surface area (Å²) >= 11 is 0. The predicted octanol–water partition coefficient (Wildman–Crippen LogP) is 2.41. The predicted molar refractivity (Wildman–Crippen MR) is 67.1 cm³/mol. The maximum atomic E-state index is 9.70. The van der Waals surface area contributed by atoms with E-state index in [1.807, 2.05) is 0 Å². The van der Waals surface area contributed by atoms with Gasteiger partial charge in [-0.2, -0.15) is 0 Å². The number of benzene rings is 2. The molecule has 0 aliphatic heterocycles. The zero-order valence-corrected chi connectivity index (χ0v) is 9.88. The first-order chi connectivity index (χ1) is 8.49. The monoisotopic (exact) mass is 246 g/mol. The van der Waals surface area contributed by atoms with Crippen LogP contribution in [0.5, 0.6) is 23.0 Å². The summed E-state index contributed by atoms with van der Waals surface area (Å²) in [5.74, 6) is -0.960. The van der Waals surface area contributed by atoms with Crippen LogP contribution in [0.25, 0.3) is 0 Å². The van der Waals surface area contributed by atoms with Crippen LogP contribution >= 0.6 is 0 Å². The molecule has 0 radical (unpaired) electrons. The summed E-state index contributed by atoms with van der Waals surface area (Å²) in [6.07, 6.45) is 0.404. The van der Waals surface area contributed by atoms with Crippen molar-refractivity contribution < 1.29 is 20.4 Å². The molecule has 0 amide bonds. The zero-order chi connectivity index (χ0) is 13.3. The zero-order valence-electron chi connectivity index (χ0n) is 9.88. The molecule has 0 fully saturated rings. The van der Waals surface area contributed by atoms with Crippen molar-refractivity contribution in [2.75, 3.05) is 0 Å². The topological polar surface area (TPSA) is 80.9 Å². The number of aromatic hydroxyl groups is 4. The molecule has 2 rings (SSSR count). The summed E-state index contributed by atoms with van der Waals surface area (Å²) in [6.45, 7) is 1.78. The Balaban J connectivity index is 2.34. The van der Waals surface area contributed by atoms with Gasteiger partial charge in [0.15, 0.2) is 11.5 Å². The second-order valence-corrected chi connectivity index (χ2v) is 4.24. The maximum Gasteiger partial charge on any atom is 0.200 e. The summed E-state index contributed by atoms with van der Waals surface area (Å²) in [5, 5.41) is 37.8. The van der Waals surface area contributed by atoms with Gasteiger partial charge in [-0.05, 0) is 30.2 Å². The Hall–Kier alpha value is -2.36. The van der Waals surface area contributed by atoms with Gasteiger partial charge in [0.2, 0.25) is 5.75 Å². The fourth-order valence-electron chi connectivity index (χ4n) is 1.80. The summed E-state index contributed by atoms with van der Waals surface area (Å²) in [4.78, 5) is 0. The molecule has 0 aliphatic rings. The normalized spacial score (nSPS) is 10.5. The molecular formula is C14H14O4. The Morgan fingerprint density at radius 1 is 0.833 bits per heavy atom. The lowest BCUT2D eigenvalue weighted by molar-refractivity contribution is 0.365. The molecular weight excluding hydrogens is 232 g/mol. The average molecular weight is 246 g/mol. The van der Waals surface area contributed by atoms with Gasteiger partial charge in [-0.1, -0.05) is 18.2 Å². The van der Waals surface area contributed by atoms with Crippen LogP contribution in [0.1, 0.15) is 16.7 Å². The third-order valence-electron chi connectivity index (χ3n) is 2.87. The first kappa shape index (κ1) is 12.1. The van der Waals surface area contributed by atoms with Crippen molar-refractivity contribution in [3.63, 3.8) is 0 Å². The Kier molecular flexibility index (Phi) is 3.02. The minimum Gasteiger partial charge on any atom is -0.508 e. The molecule has 0 spiro atoms. The van der Waals surface area contributed by atoms with E-state index in [0.29, 0.717) is 12.0 Å². The number of rotatable bonds is 2. The highest BCUT2D eigenvalue weighted by Gasteiger charge is 2.11. The van der Waals surface area contributed by atoms with Gasteiger partial charge in [0.25, 0.3) is 0 Å². The number of hydrogen-bond donors (Lipinski definition) is 4. The van der Waals surface area contributed by atoms with E-state index in [9.17, 15) is 20.4 Å². The van der Waals surface area contributed by atoms with Crippen LogP contribution in [0.2, 0.25) is 0 Å². The van der Waals surface area contributed by atoms with Crippen molar-refractivity contribution >= 4 is 0 Å². The smallest absolute Gasteiger partial charge is 0.200 e. The third-order valence-corrected chi connectivity index (χ3v) is 2.87. The standard InChI is InChI=1S/C14H14O4/c1-8-6-9(2-4-11(8)15)7-10-3-5-12(16)14(18)13(10)17/h2-6,15-18H,7H2,1H3. The van der Waals surface area contributed by atoms with E-state index in [4.69, 9.17) is 0 Å². The first-order valence-electron chi connectivity index (χ1n) is 5.50. The molecule has 0 atom stereocenters. The van der Waals surface area contributed by atoms with Crippen molar-refractivity contribution in [3.8, 4) is 23.0 Å². The van der Waals surface area contributed by atoms with Gasteiger partial charge in [0.1, 0.15) is 5.75 Å². The summed E-state index contributed by atoms with van der Waals surface area (Å²) in [6, 6.07) is 8.01. The highest BCUT2D eigenvalue weighted by Crippen LogP contribution is 2.38. The van der Waals surface area contributed by atoms with Crippen LogP contribution in [-0.2, 0) is 6.42 Å². The highest BCUT2D eigenvalue weighted by atomic mass is 16.3. The summed E-state index contributed by atoms with van der Waals surface area (Å²) < 4.78 is 0. The van der Waals surface area contributed by atoms with Crippen molar-refractivity contribution in [3.05, 3.63) is 47.0 Å². The van der Waals surface area contributed by atoms with Crippen molar-refractivity contribution in [1.82, 2.24) is 0 Å². The molecule has 2 aromatic rings. The van der Waals surface area contributed by atoms with Crippen LogP contribution < -0.4 is 0 Å². The van der Waals surface area contributed by atoms with E-state index < -0.39 is 5.75 Å². The van der Waals surface area contributed by atoms with E-state index >= 15 is 0 Å². The van der Waals surface area contributed by atoms with Gasteiger partial charge in [-0.25, -0.2) is 0 Å². The van der Waals surface area contributed by atoms with Gasteiger partial charge in [0.05, 0.1) is 0 Å². The van der Waals surface area contributed by atoms with Crippen molar-refractivity contribution in [2.24, 2.45) is 0 Å². The molecule has 4 heteroatoms. The Morgan fingerprint density at radius 3 is 2.17 bits per heavy atom. The van der Waals surface area contributed by atoms with E-state index in [-0.39, 0.29) is 17.2 Å². The lowest BCUT2D eigenvalue weighted by Crippen LogP contribution is -1.90. The maximum absolute atomic E-state index is 9.70. The second-order valence-electron chi connectivity index (χ2n) is 4.24. The van der Waals surface area contributed by atoms with Crippen LogP contribution in [0.3, 0.4) is 0 Å². The van der Waals surface area contributed by atoms with Crippen LogP contribution in [0.15, 0.2) is 30.3 Å². The molecule has 2 aromatic carbocycles. The number of aryl methyl sites for hydroxylation is 1. The molecule has 4 N–H and O–H groups in total. The molecule has 0 saturated carbocycles. The van der Waals surface area contributed by atoms with Gasteiger partial charge in [-0.15, -0.1) is 0 Å². The Labute approximate surface area is 104 Å². The molecule has 0 heterocycles. The van der Waals surface area contributed by atoms with Gasteiger partial charge < -0.3 is 20.4 Å². The molecule has 0 bridgehead atoms. The van der Waals surface area contributed by atoms with Gasteiger partial charge in [-0.3, -0.25) is 0 Å². The third kappa shape index (κ3) is 2.18. The summed E-state index contributed by atoms with van der Waals surface area (Å²) in [7, 11) is 0. The number of phenolic OH excluding ortho intramolecular Hbond substituents is 4. The molecule has 0 aromatic heterocycles. The fourth-order valence-corrected chi connectivity index (χ4v) is 1.80. The Bertz CT molecular complexity index is 591. The second kappa shape index (κ2) is 4.49. The van der Waals surface area contributed by atoms with E-state index in [0.717, 1.165) is 11.1 Å². The molecule has 0 aliphatic carbocycles. The van der Waals surface area contributed by atoms with E-state index in [2.05, 4.69) is 0 Å². The largest absolute Gasteiger partial charge is 0.508 e. The molecule has 94 valence electrons. The minimum atomic E-state index is -0.511. The van der Waals surface area contributed by atoms with Crippen LogP contribution in [-0.4, -0.2) is 20.4 Å². The highest BCUT2D eigenvalue weighted by molar-refractivity contribution is 5.54. The fraction of sp³-hybridized carbons (Fsp3) is 0.143. The number of hydrogen-bond acceptors (Lipinski definition) is 4. The molecule has 0 saturated heterocycles. The average Bonchev–Trinajstić information content (AvgIpc) is 2.34. The van der Waals surface area contributed by atoms with Gasteiger partial charge in [0, 0.05) is 12.0 Å². The SMILES string of the molecule is Cc1cc(Cc2ccc(O)c(O)c2O)ccc1O. The summed E-state index contributed by atoms with van der Waals surface area (Å²) in [5.41, 5.74) is 2.15. The van der Waals surface area contributed by atoms with Crippen molar-refractivity contribution in [2.45, 2.75) is 13.3 Å². The Morgan fingerprint density at radius 2 is 1.50 bits per heavy atom.